The van der Waals surface area contributed by atoms with Crippen LogP contribution in [0, 0.1) is 11.8 Å². The molecular formula is C54H57N7O5. The molecule has 0 bridgehead atoms. The molecule has 4 unspecified atom stereocenters. The van der Waals surface area contributed by atoms with Gasteiger partial charge in [-0.1, -0.05) is 92.0 Å². The van der Waals surface area contributed by atoms with Crippen LogP contribution in [-0.2, 0) is 28.9 Å². The Hall–Kier alpha value is -7.80. The standard InChI is InChI=1S/C31H32N4O2.C23H25N3O3/c1-21(33)26-7-2-5-22(15-26)16-29(20-36)30(28-9-4-14-34-19-28)35-31(37)25-12-10-24(11-13-25)27-8-3-6-23(17-27)18-32;1-14(24)18-6-4-5-16(11-18)12-20(23(28)29-3)15(2)26-22(27)19-8-7-17-9-10-25-21(17)13-19/h2-15,17,19,29-30,36H,1,16,18,20,32-33H2,(H,35,37);4-11,13,15,20,25H,1,12,24H2,2-3H3,(H,26,27). The van der Waals surface area contributed by atoms with E-state index >= 15 is 0 Å². The highest BCUT2D eigenvalue weighted by Crippen LogP contribution is 2.28. The number of aromatic amines is 1. The van der Waals surface area contributed by atoms with E-state index in [1.54, 1.807) is 31.5 Å². The number of amides is 2. The van der Waals surface area contributed by atoms with E-state index in [0.717, 1.165) is 55.4 Å². The predicted molar refractivity (Wildman–Crippen MR) is 262 cm³/mol. The van der Waals surface area contributed by atoms with Gasteiger partial charge in [0.25, 0.3) is 11.8 Å². The van der Waals surface area contributed by atoms with Crippen molar-refractivity contribution in [2.75, 3.05) is 13.7 Å². The van der Waals surface area contributed by atoms with Gasteiger partial charge in [-0.25, -0.2) is 0 Å². The second-order valence-electron chi connectivity index (χ2n) is 16.2. The van der Waals surface area contributed by atoms with Crippen LogP contribution in [0.25, 0.3) is 33.4 Å². The average molecular weight is 884 g/mol. The van der Waals surface area contributed by atoms with E-state index in [2.05, 4.69) is 33.8 Å². The summed E-state index contributed by atoms with van der Waals surface area (Å²) in [5.41, 5.74) is 27.8. The summed E-state index contributed by atoms with van der Waals surface area (Å²) in [5.74, 6) is -1.67. The van der Waals surface area contributed by atoms with Crippen LogP contribution in [0.3, 0.4) is 0 Å². The molecular weight excluding hydrogens is 827 g/mol. The number of hydrogen-bond acceptors (Lipinski definition) is 9. The van der Waals surface area contributed by atoms with Crippen molar-refractivity contribution in [3.63, 3.8) is 0 Å². The molecule has 12 nitrogen and oxygen atoms in total. The van der Waals surface area contributed by atoms with Gasteiger partial charge in [-0.3, -0.25) is 19.4 Å². The maximum Gasteiger partial charge on any atom is 0.311 e. The van der Waals surface area contributed by atoms with E-state index in [1.165, 1.54) is 7.11 Å². The van der Waals surface area contributed by atoms with E-state index in [1.807, 2.05) is 128 Å². The molecule has 2 aromatic heterocycles. The SMILES string of the molecule is C=C(N)c1cccc(CC(C(=O)OC)C(C)NC(=O)c2ccc3cc[nH]c3c2)c1.C=C(N)c1cccc(CC(CO)C(NC(=O)c2ccc(-c3cccc(CN)c3)cc2)c2cccnc2)c1. The van der Waals surface area contributed by atoms with Crippen molar-refractivity contribution in [1.82, 2.24) is 20.6 Å². The molecule has 0 fully saturated rings. The Kier molecular flexibility index (Phi) is 16.4. The highest BCUT2D eigenvalue weighted by molar-refractivity contribution is 5.98. The van der Waals surface area contributed by atoms with Gasteiger partial charge in [-0.2, -0.15) is 0 Å². The molecule has 0 aliphatic heterocycles. The van der Waals surface area contributed by atoms with Gasteiger partial charge in [0.15, 0.2) is 0 Å². The second-order valence-corrected chi connectivity index (χ2v) is 16.2. The number of aliphatic hydroxyl groups is 1. The van der Waals surface area contributed by atoms with E-state index in [9.17, 15) is 19.5 Å². The van der Waals surface area contributed by atoms with E-state index in [-0.39, 0.29) is 30.3 Å². The number of nitrogens with zero attached hydrogens (tertiary/aromatic N) is 1. The lowest BCUT2D eigenvalue weighted by Crippen LogP contribution is -2.42. The van der Waals surface area contributed by atoms with Gasteiger partial charge in [0.05, 0.1) is 19.1 Å². The summed E-state index contributed by atoms with van der Waals surface area (Å²) in [6, 6.07) is 41.1. The zero-order valence-corrected chi connectivity index (χ0v) is 37.2. The monoisotopic (exact) mass is 883 g/mol. The lowest BCUT2D eigenvalue weighted by molar-refractivity contribution is -0.146. The number of esters is 1. The van der Waals surface area contributed by atoms with Gasteiger partial charge in [0.2, 0.25) is 0 Å². The van der Waals surface area contributed by atoms with Gasteiger partial charge in [-0.05, 0) is 124 Å². The Morgan fingerprint density at radius 1 is 0.712 bits per heavy atom. The minimum absolute atomic E-state index is 0.121. The largest absolute Gasteiger partial charge is 0.469 e. The normalized spacial score (nSPS) is 12.7. The minimum Gasteiger partial charge on any atom is -0.469 e. The number of benzene rings is 5. The van der Waals surface area contributed by atoms with Gasteiger partial charge in [-0.15, -0.1) is 0 Å². The van der Waals surface area contributed by atoms with Gasteiger partial charge >= 0.3 is 5.97 Å². The molecule has 0 aliphatic carbocycles. The Balaban J connectivity index is 0.000000225. The number of nitrogens with two attached hydrogens (primary N) is 3. The first-order valence-corrected chi connectivity index (χ1v) is 21.6. The number of H-pyrrole nitrogens is 1. The van der Waals surface area contributed by atoms with E-state index < -0.39 is 18.0 Å². The number of hydrogen-bond donors (Lipinski definition) is 7. The van der Waals surface area contributed by atoms with E-state index in [0.29, 0.717) is 41.9 Å². The quantitative estimate of drug-likeness (QED) is 0.0446. The Bertz CT molecular complexity index is 2790. The molecule has 0 aliphatic rings. The molecule has 7 rings (SSSR count). The first-order chi connectivity index (χ1) is 31.9. The molecule has 10 N–H and O–H groups in total. The molecule has 2 amide bonds. The molecule has 66 heavy (non-hydrogen) atoms. The molecule has 0 spiro atoms. The molecule has 2 heterocycles. The van der Waals surface area contributed by atoms with Crippen LogP contribution < -0.4 is 27.8 Å². The van der Waals surface area contributed by atoms with Gasteiger partial charge in [0.1, 0.15) is 0 Å². The lowest BCUT2D eigenvalue weighted by atomic mass is 9.88. The van der Waals surface area contributed by atoms with Crippen molar-refractivity contribution < 1.29 is 24.2 Å². The molecule has 12 heteroatoms. The fourth-order valence-corrected chi connectivity index (χ4v) is 7.79. The van der Waals surface area contributed by atoms with Crippen LogP contribution in [-0.4, -0.2) is 52.6 Å². The fraction of sp³-hybridized carbons (Fsp3) is 0.185. The summed E-state index contributed by atoms with van der Waals surface area (Å²) in [5, 5.41) is 17.5. The molecule has 0 saturated carbocycles. The third kappa shape index (κ3) is 12.5. The molecule has 5 aromatic carbocycles. The number of ether oxygens (including phenoxy) is 1. The van der Waals surface area contributed by atoms with Crippen LogP contribution >= 0.6 is 0 Å². The molecule has 0 saturated heterocycles. The lowest BCUT2D eigenvalue weighted by Gasteiger charge is -2.27. The summed E-state index contributed by atoms with van der Waals surface area (Å²) < 4.78 is 4.98. The number of aliphatic hydroxyl groups excluding tert-OH is 1. The van der Waals surface area contributed by atoms with Crippen LogP contribution in [0.1, 0.15) is 67.1 Å². The number of fused-ring (bicyclic) bond motifs is 1. The van der Waals surface area contributed by atoms with Crippen molar-refractivity contribution >= 4 is 40.1 Å². The first-order valence-electron chi connectivity index (χ1n) is 21.6. The minimum atomic E-state index is -0.542. The third-order valence-electron chi connectivity index (χ3n) is 11.5. The van der Waals surface area contributed by atoms with Crippen molar-refractivity contribution in [2.45, 2.75) is 38.4 Å². The smallest absolute Gasteiger partial charge is 0.311 e. The van der Waals surface area contributed by atoms with Crippen LogP contribution in [0.15, 0.2) is 165 Å². The number of methoxy groups -OCH3 is 1. The molecule has 338 valence electrons. The maximum atomic E-state index is 13.3. The Labute approximate surface area is 385 Å². The van der Waals surface area contributed by atoms with Gasteiger partial charge in [0, 0.05) is 71.7 Å². The summed E-state index contributed by atoms with van der Waals surface area (Å²) in [4.78, 5) is 45.8. The highest BCUT2D eigenvalue weighted by Gasteiger charge is 2.29. The number of rotatable bonds is 17. The summed E-state index contributed by atoms with van der Waals surface area (Å²) >= 11 is 0. The van der Waals surface area contributed by atoms with Crippen LogP contribution in [0.5, 0.6) is 0 Å². The zero-order valence-electron chi connectivity index (χ0n) is 37.2. The number of aromatic nitrogens is 2. The van der Waals surface area contributed by atoms with Crippen molar-refractivity contribution in [3.05, 3.63) is 210 Å². The topological polar surface area (TPSA) is 211 Å². The Morgan fingerprint density at radius 3 is 1.97 bits per heavy atom. The number of carbonyl (C=O) groups is 3. The summed E-state index contributed by atoms with van der Waals surface area (Å²) in [6.07, 6.45) is 6.18. The predicted octanol–water partition coefficient (Wildman–Crippen LogP) is 7.71. The zero-order chi connectivity index (χ0) is 47.2. The van der Waals surface area contributed by atoms with Crippen molar-refractivity contribution in [2.24, 2.45) is 29.0 Å². The summed E-state index contributed by atoms with van der Waals surface area (Å²) in [6.45, 7) is 9.72. The van der Waals surface area contributed by atoms with Crippen LogP contribution in [0.4, 0.5) is 0 Å². The molecule has 0 radical (unpaired) electrons. The van der Waals surface area contributed by atoms with Gasteiger partial charge < -0.3 is 42.7 Å². The average Bonchev–Trinajstić information content (AvgIpc) is 3.83. The van der Waals surface area contributed by atoms with E-state index in [4.69, 9.17) is 21.9 Å². The number of nitrogens with one attached hydrogen (secondary N) is 3. The maximum absolute atomic E-state index is 13.3. The number of carbonyl (C=O) groups excluding carboxylic acids is 3. The summed E-state index contributed by atoms with van der Waals surface area (Å²) in [7, 11) is 1.35. The third-order valence-corrected chi connectivity index (χ3v) is 11.5. The first kappa shape index (κ1) is 47.7. The molecule has 7 aromatic rings. The fourth-order valence-electron chi connectivity index (χ4n) is 7.79. The van der Waals surface area contributed by atoms with Crippen molar-refractivity contribution in [1.29, 1.82) is 0 Å². The Morgan fingerprint density at radius 2 is 1.35 bits per heavy atom. The number of pyridine rings is 1. The second kappa shape index (κ2) is 22.7. The van der Waals surface area contributed by atoms with Crippen LogP contribution in [0.2, 0.25) is 0 Å². The van der Waals surface area contributed by atoms with Crippen molar-refractivity contribution in [3.8, 4) is 11.1 Å². The highest BCUT2D eigenvalue weighted by atomic mass is 16.5. The molecule has 4 atom stereocenters.